The van der Waals surface area contributed by atoms with Gasteiger partial charge in [-0.05, 0) is 30.4 Å². The fourth-order valence-electron chi connectivity index (χ4n) is 3.00. The van der Waals surface area contributed by atoms with Crippen LogP contribution in [0.3, 0.4) is 0 Å². The molecule has 0 spiro atoms. The van der Waals surface area contributed by atoms with Crippen molar-refractivity contribution in [3.63, 3.8) is 0 Å². The molecule has 0 amide bonds. The van der Waals surface area contributed by atoms with Crippen molar-refractivity contribution in [2.75, 3.05) is 0 Å². The van der Waals surface area contributed by atoms with Crippen molar-refractivity contribution in [2.24, 2.45) is 11.3 Å². The summed E-state index contributed by atoms with van der Waals surface area (Å²) >= 11 is 3.46. The smallest absolute Gasteiger partial charge is 0.0987 e. The minimum absolute atomic E-state index is 0.510. The van der Waals surface area contributed by atoms with Crippen molar-refractivity contribution in [3.05, 3.63) is 34.3 Å². The first kappa shape index (κ1) is 13.6. The van der Waals surface area contributed by atoms with Gasteiger partial charge in [0.15, 0.2) is 0 Å². The van der Waals surface area contributed by atoms with E-state index in [1.807, 2.05) is 24.3 Å². The Labute approximate surface area is 117 Å². The Morgan fingerprint density at radius 1 is 1.50 bits per heavy atom. The number of nitrogens with zero attached hydrogens (tertiary/aromatic N) is 1. The SMILES string of the molecule is CC1CCCC(C#N)(C(O)c2ccccc2Br)C1. The molecule has 1 fully saturated rings. The van der Waals surface area contributed by atoms with E-state index in [4.69, 9.17) is 0 Å². The molecule has 3 heteroatoms. The molecule has 1 aromatic carbocycles. The average Bonchev–Trinajstić information content (AvgIpc) is 2.38. The van der Waals surface area contributed by atoms with Crippen LogP contribution in [-0.2, 0) is 0 Å². The van der Waals surface area contributed by atoms with Gasteiger partial charge in [0.05, 0.1) is 17.6 Å². The predicted octanol–water partition coefficient (Wildman–Crippen LogP) is 4.20. The predicted molar refractivity (Wildman–Crippen MR) is 74.8 cm³/mol. The van der Waals surface area contributed by atoms with Gasteiger partial charge in [-0.2, -0.15) is 5.26 Å². The first-order valence-electron chi connectivity index (χ1n) is 6.43. The number of aliphatic hydroxyl groups is 1. The largest absolute Gasteiger partial charge is 0.387 e. The summed E-state index contributed by atoms with van der Waals surface area (Å²) in [6.45, 7) is 2.16. The number of rotatable bonds is 2. The average molecular weight is 308 g/mol. The fourth-order valence-corrected chi connectivity index (χ4v) is 3.50. The van der Waals surface area contributed by atoms with Gasteiger partial charge in [-0.1, -0.05) is 53.9 Å². The van der Waals surface area contributed by atoms with E-state index in [2.05, 4.69) is 28.9 Å². The summed E-state index contributed by atoms with van der Waals surface area (Å²) in [6.07, 6.45) is 3.05. The van der Waals surface area contributed by atoms with Crippen molar-refractivity contribution >= 4 is 15.9 Å². The monoisotopic (exact) mass is 307 g/mol. The van der Waals surface area contributed by atoms with Gasteiger partial charge < -0.3 is 5.11 Å². The number of halogens is 1. The molecule has 1 saturated carbocycles. The fraction of sp³-hybridized carbons (Fsp3) is 0.533. The molecule has 0 radical (unpaired) electrons. The normalized spacial score (nSPS) is 29.6. The second-order valence-corrected chi connectivity index (χ2v) is 6.25. The molecule has 0 bridgehead atoms. The number of nitriles is 1. The molecule has 1 aromatic rings. The summed E-state index contributed by atoms with van der Waals surface area (Å²) in [7, 11) is 0. The first-order chi connectivity index (χ1) is 8.59. The molecule has 2 rings (SSSR count). The Bertz CT molecular complexity index is 468. The van der Waals surface area contributed by atoms with Crippen molar-refractivity contribution in [3.8, 4) is 6.07 Å². The van der Waals surface area contributed by atoms with Crippen LogP contribution in [0.2, 0.25) is 0 Å². The van der Waals surface area contributed by atoms with E-state index in [1.54, 1.807) is 0 Å². The molecule has 18 heavy (non-hydrogen) atoms. The Balaban J connectivity index is 2.34. The quantitative estimate of drug-likeness (QED) is 0.889. The van der Waals surface area contributed by atoms with E-state index < -0.39 is 11.5 Å². The van der Waals surface area contributed by atoms with Crippen LogP contribution in [-0.4, -0.2) is 5.11 Å². The van der Waals surface area contributed by atoms with E-state index in [0.717, 1.165) is 35.7 Å². The third kappa shape index (κ3) is 2.46. The van der Waals surface area contributed by atoms with Gasteiger partial charge in [-0.3, -0.25) is 0 Å². The number of aliphatic hydroxyl groups excluding tert-OH is 1. The minimum atomic E-state index is -0.708. The molecule has 0 heterocycles. The van der Waals surface area contributed by atoms with Crippen LogP contribution >= 0.6 is 15.9 Å². The summed E-state index contributed by atoms with van der Waals surface area (Å²) < 4.78 is 0.880. The summed E-state index contributed by atoms with van der Waals surface area (Å²) in [5.74, 6) is 0.510. The standard InChI is InChI=1S/C15H18BrNO/c1-11-5-4-8-15(9-11,10-17)14(18)12-6-2-3-7-13(12)16/h2-3,6-7,11,14,18H,4-5,8-9H2,1H3. The van der Waals surface area contributed by atoms with Gasteiger partial charge >= 0.3 is 0 Å². The van der Waals surface area contributed by atoms with Gasteiger partial charge in [0, 0.05) is 4.47 Å². The lowest BCUT2D eigenvalue weighted by molar-refractivity contribution is 0.0214. The number of hydrogen-bond acceptors (Lipinski definition) is 2. The maximum atomic E-state index is 10.6. The van der Waals surface area contributed by atoms with Crippen molar-refractivity contribution in [1.82, 2.24) is 0 Å². The van der Waals surface area contributed by atoms with E-state index in [0.29, 0.717) is 5.92 Å². The van der Waals surface area contributed by atoms with Crippen LogP contribution in [0.25, 0.3) is 0 Å². The highest BCUT2D eigenvalue weighted by atomic mass is 79.9. The van der Waals surface area contributed by atoms with Gasteiger partial charge in [0.2, 0.25) is 0 Å². The minimum Gasteiger partial charge on any atom is -0.387 e. The topological polar surface area (TPSA) is 44.0 Å². The zero-order chi connectivity index (χ0) is 13.2. The maximum absolute atomic E-state index is 10.6. The van der Waals surface area contributed by atoms with Gasteiger partial charge in [0.1, 0.15) is 0 Å². The van der Waals surface area contributed by atoms with Crippen LogP contribution in [0.1, 0.15) is 44.3 Å². The Morgan fingerprint density at radius 3 is 2.83 bits per heavy atom. The zero-order valence-electron chi connectivity index (χ0n) is 10.6. The van der Waals surface area contributed by atoms with E-state index in [9.17, 15) is 10.4 Å². The van der Waals surface area contributed by atoms with Crippen LogP contribution in [0, 0.1) is 22.7 Å². The Hall–Kier alpha value is -0.850. The van der Waals surface area contributed by atoms with Gasteiger partial charge in [0.25, 0.3) is 0 Å². The molecule has 0 aliphatic heterocycles. The third-order valence-corrected chi connectivity index (χ3v) is 4.70. The highest BCUT2D eigenvalue weighted by Gasteiger charge is 2.42. The van der Waals surface area contributed by atoms with Gasteiger partial charge in [-0.15, -0.1) is 0 Å². The van der Waals surface area contributed by atoms with E-state index in [1.165, 1.54) is 0 Å². The zero-order valence-corrected chi connectivity index (χ0v) is 12.2. The van der Waals surface area contributed by atoms with Gasteiger partial charge in [-0.25, -0.2) is 0 Å². The molecule has 1 aliphatic rings. The lowest BCUT2D eigenvalue weighted by Crippen LogP contribution is -2.33. The number of benzene rings is 1. The molecule has 0 aromatic heterocycles. The van der Waals surface area contributed by atoms with Crippen LogP contribution < -0.4 is 0 Å². The molecule has 96 valence electrons. The Morgan fingerprint density at radius 2 is 2.22 bits per heavy atom. The molecule has 3 unspecified atom stereocenters. The van der Waals surface area contributed by atoms with E-state index in [-0.39, 0.29) is 0 Å². The van der Waals surface area contributed by atoms with E-state index >= 15 is 0 Å². The molecule has 2 nitrogen and oxygen atoms in total. The van der Waals surface area contributed by atoms with Crippen molar-refractivity contribution in [1.29, 1.82) is 5.26 Å². The lowest BCUT2D eigenvalue weighted by Gasteiger charge is -2.38. The molecular weight excluding hydrogens is 290 g/mol. The van der Waals surface area contributed by atoms with Crippen LogP contribution in [0.5, 0.6) is 0 Å². The van der Waals surface area contributed by atoms with Crippen molar-refractivity contribution in [2.45, 2.75) is 38.7 Å². The maximum Gasteiger partial charge on any atom is 0.0987 e. The molecular formula is C15H18BrNO. The molecule has 0 saturated heterocycles. The summed E-state index contributed by atoms with van der Waals surface area (Å²) in [5, 5.41) is 20.2. The highest BCUT2D eigenvalue weighted by molar-refractivity contribution is 9.10. The van der Waals surface area contributed by atoms with Crippen LogP contribution in [0.15, 0.2) is 28.7 Å². The highest BCUT2D eigenvalue weighted by Crippen LogP contribution is 2.48. The summed E-state index contributed by atoms with van der Waals surface area (Å²) in [4.78, 5) is 0. The Kier molecular flexibility index (Phi) is 4.09. The molecule has 1 aliphatic carbocycles. The molecule has 3 atom stereocenters. The second kappa shape index (κ2) is 5.42. The second-order valence-electron chi connectivity index (χ2n) is 5.39. The van der Waals surface area contributed by atoms with Crippen LogP contribution in [0.4, 0.5) is 0 Å². The third-order valence-electron chi connectivity index (χ3n) is 3.98. The number of hydrogen-bond donors (Lipinski definition) is 1. The summed E-state index contributed by atoms with van der Waals surface area (Å²) in [5.41, 5.74) is 0.204. The summed E-state index contributed by atoms with van der Waals surface area (Å²) in [6, 6.07) is 10.0. The first-order valence-corrected chi connectivity index (χ1v) is 7.22. The van der Waals surface area contributed by atoms with Crippen molar-refractivity contribution < 1.29 is 5.11 Å². The molecule has 1 N–H and O–H groups in total. The lowest BCUT2D eigenvalue weighted by atomic mass is 9.66.